The molecule has 4 nitrogen and oxygen atoms in total. The smallest absolute Gasteiger partial charge is 0.0702 e. The lowest BCUT2D eigenvalue weighted by molar-refractivity contribution is 0.283. The number of nitrogens with zero attached hydrogens (tertiary/aromatic N) is 3. The molecule has 1 N–H and O–H groups in total. The molecule has 0 radical (unpaired) electrons. The van der Waals surface area contributed by atoms with Crippen molar-refractivity contribution in [1.29, 1.82) is 0 Å². The molecule has 0 aliphatic heterocycles. The first-order chi connectivity index (χ1) is 9.19. The Morgan fingerprint density at radius 3 is 2.74 bits per heavy atom. The van der Waals surface area contributed by atoms with Gasteiger partial charge < -0.3 is 9.67 Å². The number of hydrogen-bond acceptors (Lipinski definition) is 2. The lowest BCUT2D eigenvalue weighted by Crippen LogP contribution is -2.04. The summed E-state index contributed by atoms with van der Waals surface area (Å²) >= 11 is 0. The number of aromatic nitrogens is 3. The highest BCUT2D eigenvalue weighted by Crippen LogP contribution is 2.22. The van der Waals surface area contributed by atoms with Gasteiger partial charge in [-0.15, -0.1) is 0 Å². The fraction of sp³-hybridized carbons (Fsp3) is 0.267. The molecule has 0 amide bonds. The second-order valence-electron chi connectivity index (χ2n) is 4.86. The molecule has 0 saturated heterocycles. The Morgan fingerprint density at radius 2 is 2.05 bits per heavy atom. The maximum Gasteiger partial charge on any atom is 0.0702 e. The van der Waals surface area contributed by atoms with Crippen LogP contribution >= 0.6 is 0 Å². The Kier molecular flexibility index (Phi) is 2.87. The van der Waals surface area contributed by atoms with Crippen LogP contribution in [0.4, 0.5) is 0 Å². The molecule has 98 valence electrons. The van der Waals surface area contributed by atoms with Crippen molar-refractivity contribution in [2.75, 3.05) is 0 Å². The highest BCUT2D eigenvalue weighted by Gasteiger charge is 2.09. The van der Waals surface area contributed by atoms with Crippen LogP contribution in [0.2, 0.25) is 0 Å². The molecular formula is C15H17N3O. The summed E-state index contributed by atoms with van der Waals surface area (Å²) in [6, 6.07) is 10.2. The molecular weight excluding hydrogens is 238 g/mol. The third kappa shape index (κ3) is 2.04. The second kappa shape index (κ2) is 4.55. The number of aliphatic hydroxyl groups excluding tert-OH is 1. The van der Waals surface area contributed by atoms with E-state index < -0.39 is 0 Å². The van der Waals surface area contributed by atoms with E-state index in [0.29, 0.717) is 0 Å². The van der Waals surface area contributed by atoms with Crippen molar-refractivity contribution in [3.05, 3.63) is 53.5 Å². The first kappa shape index (κ1) is 12.0. The van der Waals surface area contributed by atoms with Gasteiger partial charge in [0.05, 0.1) is 24.5 Å². The Morgan fingerprint density at radius 1 is 1.26 bits per heavy atom. The second-order valence-corrected chi connectivity index (χ2v) is 4.86. The molecule has 0 unspecified atom stereocenters. The van der Waals surface area contributed by atoms with Crippen molar-refractivity contribution in [3.8, 4) is 0 Å². The van der Waals surface area contributed by atoms with Crippen LogP contribution in [0.3, 0.4) is 0 Å². The minimum atomic E-state index is 0.0674. The highest BCUT2D eigenvalue weighted by atomic mass is 16.3. The largest absolute Gasteiger partial charge is 0.392 e. The molecule has 0 spiro atoms. The molecule has 0 atom stereocenters. The molecule has 0 saturated carbocycles. The van der Waals surface area contributed by atoms with Crippen molar-refractivity contribution >= 4 is 10.9 Å². The Labute approximate surface area is 111 Å². The number of aryl methyl sites for hydroxylation is 2. The first-order valence-electron chi connectivity index (χ1n) is 6.36. The fourth-order valence-electron chi connectivity index (χ4n) is 2.57. The number of benzene rings is 1. The van der Waals surface area contributed by atoms with Crippen LogP contribution in [-0.2, 0) is 20.2 Å². The Hall–Kier alpha value is -2.07. The summed E-state index contributed by atoms with van der Waals surface area (Å²) in [6.45, 7) is 2.83. The summed E-state index contributed by atoms with van der Waals surface area (Å²) < 4.78 is 4.07. The van der Waals surface area contributed by atoms with Gasteiger partial charge in [0, 0.05) is 29.7 Å². The third-order valence-electron chi connectivity index (χ3n) is 3.47. The summed E-state index contributed by atoms with van der Waals surface area (Å²) in [7, 11) is 1.96. The van der Waals surface area contributed by atoms with E-state index in [1.54, 1.807) is 0 Å². The van der Waals surface area contributed by atoms with Gasteiger partial charge >= 0.3 is 0 Å². The van der Waals surface area contributed by atoms with E-state index in [1.165, 1.54) is 0 Å². The Balaban J connectivity index is 2.08. The van der Waals surface area contributed by atoms with Gasteiger partial charge in [-0.1, -0.05) is 18.2 Å². The average Bonchev–Trinajstić information content (AvgIpc) is 2.91. The summed E-state index contributed by atoms with van der Waals surface area (Å²) in [4.78, 5) is 0. The maximum atomic E-state index is 9.44. The number of hydrogen-bond donors (Lipinski definition) is 1. The van der Waals surface area contributed by atoms with Gasteiger partial charge in [0.2, 0.25) is 0 Å². The van der Waals surface area contributed by atoms with E-state index in [0.717, 1.165) is 34.4 Å². The molecule has 19 heavy (non-hydrogen) atoms. The summed E-state index contributed by atoms with van der Waals surface area (Å²) in [5.74, 6) is 0. The van der Waals surface area contributed by atoms with Gasteiger partial charge in [0.25, 0.3) is 0 Å². The molecule has 0 aliphatic rings. The van der Waals surface area contributed by atoms with E-state index in [-0.39, 0.29) is 6.61 Å². The monoisotopic (exact) mass is 255 g/mol. The molecule has 2 heterocycles. The summed E-state index contributed by atoms with van der Waals surface area (Å²) in [5, 5.41) is 14.9. The normalized spacial score (nSPS) is 11.3. The number of fused-ring (bicyclic) bond motifs is 1. The van der Waals surface area contributed by atoms with Gasteiger partial charge in [-0.2, -0.15) is 5.10 Å². The van der Waals surface area contributed by atoms with Crippen LogP contribution in [0.1, 0.15) is 17.0 Å². The molecule has 0 bridgehead atoms. The predicted molar refractivity (Wildman–Crippen MR) is 74.9 cm³/mol. The zero-order valence-corrected chi connectivity index (χ0v) is 11.2. The van der Waals surface area contributed by atoms with Crippen LogP contribution in [0, 0.1) is 6.92 Å². The predicted octanol–water partition coefficient (Wildman–Crippen LogP) is 2.22. The van der Waals surface area contributed by atoms with Crippen molar-refractivity contribution in [1.82, 2.24) is 14.3 Å². The van der Waals surface area contributed by atoms with Crippen LogP contribution in [0.25, 0.3) is 10.9 Å². The third-order valence-corrected chi connectivity index (χ3v) is 3.47. The van der Waals surface area contributed by atoms with E-state index in [1.807, 2.05) is 43.0 Å². The molecule has 0 fully saturated rings. The number of aliphatic hydroxyl groups is 1. The molecule has 2 aromatic heterocycles. The van der Waals surface area contributed by atoms with Crippen molar-refractivity contribution < 1.29 is 5.11 Å². The van der Waals surface area contributed by atoms with Crippen molar-refractivity contribution in [2.24, 2.45) is 7.05 Å². The molecule has 3 aromatic rings. The summed E-state index contributed by atoms with van der Waals surface area (Å²) in [5.41, 5.74) is 4.29. The topological polar surface area (TPSA) is 43.0 Å². The van der Waals surface area contributed by atoms with E-state index in [9.17, 15) is 5.11 Å². The van der Waals surface area contributed by atoms with Crippen molar-refractivity contribution in [3.63, 3.8) is 0 Å². The fourth-order valence-corrected chi connectivity index (χ4v) is 2.57. The lowest BCUT2D eigenvalue weighted by atomic mass is 10.2. The van der Waals surface area contributed by atoms with Crippen LogP contribution in [0.5, 0.6) is 0 Å². The van der Waals surface area contributed by atoms with Crippen LogP contribution < -0.4 is 0 Å². The minimum Gasteiger partial charge on any atom is -0.392 e. The number of rotatable bonds is 3. The standard InChI is InChI=1S/C15H17N3O/c1-11-7-13(17(2)16-11)9-18-8-12(10-19)14-5-3-4-6-15(14)18/h3-8,19H,9-10H2,1-2H3. The SMILES string of the molecule is Cc1cc(Cn2cc(CO)c3ccccc32)n(C)n1. The van der Waals surface area contributed by atoms with Gasteiger partial charge in [-0.25, -0.2) is 0 Å². The van der Waals surface area contributed by atoms with Crippen LogP contribution in [0.15, 0.2) is 36.5 Å². The molecule has 0 aliphatic carbocycles. The molecule has 4 heteroatoms. The summed E-state index contributed by atoms with van der Waals surface area (Å²) in [6.07, 6.45) is 2.02. The van der Waals surface area contributed by atoms with E-state index >= 15 is 0 Å². The zero-order valence-electron chi connectivity index (χ0n) is 11.2. The first-order valence-corrected chi connectivity index (χ1v) is 6.36. The van der Waals surface area contributed by atoms with Gasteiger partial charge in [0.15, 0.2) is 0 Å². The van der Waals surface area contributed by atoms with Crippen molar-refractivity contribution in [2.45, 2.75) is 20.1 Å². The average molecular weight is 255 g/mol. The van der Waals surface area contributed by atoms with Gasteiger partial charge in [0.1, 0.15) is 0 Å². The Bertz CT molecular complexity index is 724. The lowest BCUT2D eigenvalue weighted by Gasteiger charge is -2.05. The van der Waals surface area contributed by atoms with Crippen LogP contribution in [-0.4, -0.2) is 19.5 Å². The van der Waals surface area contributed by atoms with Gasteiger partial charge in [-0.05, 0) is 19.1 Å². The maximum absolute atomic E-state index is 9.44. The molecule has 3 rings (SSSR count). The quantitative estimate of drug-likeness (QED) is 0.780. The van der Waals surface area contributed by atoms with E-state index in [2.05, 4.69) is 21.8 Å². The zero-order chi connectivity index (χ0) is 13.4. The minimum absolute atomic E-state index is 0.0674. The van der Waals surface area contributed by atoms with Gasteiger partial charge in [-0.3, -0.25) is 4.68 Å². The van der Waals surface area contributed by atoms with E-state index in [4.69, 9.17) is 0 Å². The molecule has 1 aromatic carbocycles. The number of para-hydroxylation sites is 1. The highest BCUT2D eigenvalue weighted by molar-refractivity contribution is 5.83.